The average Bonchev–Trinajstić information content (AvgIpc) is 2.24. The van der Waals surface area contributed by atoms with Gasteiger partial charge in [0.05, 0.1) is 0 Å². The second-order valence-corrected chi connectivity index (χ2v) is 5.98. The second kappa shape index (κ2) is 5.79. The van der Waals surface area contributed by atoms with E-state index in [4.69, 9.17) is 32.7 Å². The van der Waals surface area contributed by atoms with Gasteiger partial charge in [-0.1, -0.05) is 39.1 Å². The maximum Gasteiger partial charge on any atom is 0.127 e. The van der Waals surface area contributed by atoms with Crippen molar-refractivity contribution in [3.05, 3.63) is 28.2 Å². The van der Waals surface area contributed by atoms with E-state index in [1.807, 2.05) is 6.92 Å². The summed E-state index contributed by atoms with van der Waals surface area (Å²) >= 11 is 15.4. The number of hydrogen-bond donors (Lipinski definition) is 0. The quantitative estimate of drug-likeness (QED) is 0.761. The summed E-state index contributed by atoms with van der Waals surface area (Å²) in [5.41, 5.74) is 0. The normalized spacial score (nSPS) is 27.6. The molecule has 1 fully saturated rings. The molecule has 5 heteroatoms. The number of rotatable bonds is 4. The zero-order chi connectivity index (χ0) is 12.4. The predicted octanol–water partition coefficient (Wildman–Crippen LogP) is 4.31. The molecule has 0 saturated heterocycles. The fourth-order valence-electron chi connectivity index (χ4n) is 1.82. The molecule has 0 amide bonds. The Kier molecular flexibility index (Phi) is 4.59. The molecule has 0 bridgehead atoms. The highest BCUT2D eigenvalue weighted by Crippen LogP contribution is 2.35. The second-order valence-electron chi connectivity index (χ2n) is 3.93. The van der Waals surface area contributed by atoms with Crippen LogP contribution >= 0.6 is 39.1 Å². The van der Waals surface area contributed by atoms with Crippen LogP contribution in [0.1, 0.15) is 13.3 Å². The number of alkyl halides is 1. The van der Waals surface area contributed by atoms with Crippen LogP contribution < -0.4 is 4.74 Å². The minimum atomic E-state index is 0.0638. The Hall–Kier alpha value is 0.0400. The molecule has 3 unspecified atom stereocenters. The van der Waals surface area contributed by atoms with Gasteiger partial charge in [0.15, 0.2) is 0 Å². The Morgan fingerprint density at radius 2 is 1.94 bits per heavy atom. The smallest absolute Gasteiger partial charge is 0.127 e. The molecule has 0 N–H and O–H groups in total. The van der Waals surface area contributed by atoms with E-state index >= 15 is 0 Å². The highest BCUT2D eigenvalue weighted by molar-refractivity contribution is 9.09. The Balaban J connectivity index is 2.01. The molecule has 2 nitrogen and oxygen atoms in total. The Morgan fingerprint density at radius 3 is 2.47 bits per heavy atom. The van der Waals surface area contributed by atoms with Crippen molar-refractivity contribution in [1.82, 2.24) is 0 Å². The van der Waals surface area contributed by atoms with Crippen molar-refractivity contribution in [3.63, 3.8) is 0 Å². The fourth-order valence-corrected chi connectivity index (χ4v) is 3.19. The maximum atomic E-state index is 5.92. The first kappa shape index (κ1) is 13.5. The van der Waals surface area contributed by atoms with Crippen LogP contribution in [-0.2, 0) is 4.74 Å². The summed E-state index contributed by atoms with van der Waals surface area (Å²) in [7, 11) is 0. The first-order valence-corrected chi connectivity index (χ1v) is 7.15. The topological polar surface area (TPSA) is 18.5 Å². The molecule has 3 atom stereocenters. The number of ether oxygens (including phenoxy) is 2. The molecule has 0 heterocycles. The third-order valence-corrected chi connectivity index (χ3v) is 3.99. The Morgan fingerprint density at radius 1 is 1.29 bits per heavy atom. The largest absolute Gasteiger partial charge is 0.488 e. The van der Waals surface area contributed by atoms with Crippen molar-refractivity contribution in [2.24, 2.45) is 0 Å². The Labute approximate surface area is 119 Å². The third-order valence-electron chi connectivity index (χ3n) is 2.66. The monoisotopic (exact) mass is 338 g/mol. The molecule has 0 aliphatic heterocycles. The Bertz CT molecular complexity index is 380. The van der Waals surface area contributed by atoms with Crippen molar-refractivity contribution in [2.45, 2.75) is 30.4 Å². The van der Waals surface area contributed by atoms with Gasteiger partial charge < -0.3 is 9.47 Å². The van der Waals surface area contributed by atoms with Gasteiger partial charge >= 0.3 is 0 Å². The van der Waals surface area contributed by atoms with Gasteiger partial charge in [0.25, 0.3) is 0 Å². The van der Waals surface area contributed by atoms with Crippen molar-refractivity contribution < 1.29 is 9.47 Å². The molecule has 1 aromatic rings. The first-order chi connectivity index (χ1) is 8.10. The maximum absolute atomic E-state index is 5.92. The summed E-state index contributed by atoms with van der Waals surface area (Å²) < 4.78 is 11.4. The first-order valence-electron chi connectivity index (χ1n) is 5.48. The molecule has 1 aromatic carbocycles. The van der Waals surface area contributed by atoms with Gasteiger partial charge in [0.1, 0.15) is 18.0 Å². The fraction of sp³-hybridized carbons (Fsp3) is 0.500. The van der Waals surface area contributed by atoms with Crippen molar-refractivity contribution in [1.29, 1.82) is 0 Å². The summed E-state index contributed by atoms with van der Waals surface area (Å²) in [6.45, 7) is 2.66. The molecule has 1 saturated carbocycles. The van der Waals surface area contributed by atoms with Gasteiger partial charge in [-0.15, -0.1) is 0 Å². The van der Waals surface area contributed by atoms with Gasteiger partial charge in [-0.25, -0.2) is 0 Å². The SMILES string of the molecule is CCOC1C(Br)CC1Oc1cc(Cl)cc(Cl)c1. The lowest BCUT2D eigenvalue weighted by Crippen LogP contribution is -2.52. The van der Waals surface area contributed by atoms with Gasteiger partial charge in [0, 0.05) is 27.9 Å². The van der Waals surface area contributed by atoms with Crippen LogP contribution in [0.25, 0.3) is 0 Å². The van der Waals surface area contributed by atoms with E-state index in [0.717, 1.165) is 6.42 Å². The van der Waals surface area contributed by atoms with E-state index in [2.05, 4.69) is 15.9 Å². The molecule has 0 spiro atoms. The molecule has 94 valence electrons. The van der Waals surface area contributed by atoms with Crippen LogP contribution in [0.4, 0.5) is 0 Å². The molecular weight excluding hydrogens is 327 g/mol. The molecule has 17 heavy (non-hydrogen) atoms. The van der Waals surface area contributed by atoms with E-state index in [1.165, 1.54) is 0 Å². The molecule has 1 aliphatic carbocycles. The van der Waals surface area contributed by atoms with E-state index in [0.29, 0.717) is 27.2 Å². The average molecular weight is 340 g/mol. The van der Waals surface area contributed by atoms with Crippen LogP contribution in [0.5, 0.6) is 5.75 Å². The molecule has 0 aromatic heterocycles. The van der Waals surface area contributed by atoms with Gasteiger partial charge in [-0.05, 0) is 25.1 Å². The zero-order valence-corrected chi connectivity index (χ0v) is 12.4. The summed E-state index contributed by atoms with van der Waals surface area (Å²) in [6.07, 6.45) is 1.08. The van der Waals surface area contributed by atoms with Gasteiger partial charge in [-0.3, -0.25) is 0 Å². The highest BCUT2D eigenvalue weighted by Gasteiger charge is 2.42. The van der Waals surface area contributed by atoms with Crippen molar-refractivity contribution in [3.8, 4) is 5.75 Å². The third kappa shape index (κ3) is 3.28. The molecule has 2 rings (SSSR count). The van der Waals surface area contributed by atoms with Crippen LogP contribution in [0, 0.1) is 0 Å². The van der Waals surface area contributed by atoms with E-state index in [-0.39, 0.29) is 12.2 Å². The number of hydrogen-bond acceptors (Lipinski definition) is 2. The van der Waals surface area contributed by atoms with Crippen LogP contribution in [0.3, 0.4) is 0 Å². The van der Waals surface area contributed by atoms with Crippen molar-refractivity contribution >= 4 is 39.1 Å². The van der Waals surface area contributed by atoms with Crippen LogP contribution in [-0.4, -0.2) is 23.6 Å². The van der Waals surface area contributed by atoms with Gasteiger partial charge in [0.2, 0.25) is 0 Å². The predicted molar refractivity (Wildman–Crippen MR) is 73.6 cm³/mol. The van der Waals surface area contributed by atoms with E-state index < -0.39 is 0 Å². The summed E-state index contributed by atoms with van der Waals surface area (Å²) in [5, 5.41) is 1.16. The lowest BCUT2D eigenvalue weighted by Gasteiger charge is -2.40. The molecule has 1 aliphatic rings. The zero-order valence-electron chi connectivity index (χ0n) is 9.33. The molecule has 0 radical (unpaired) electrons. The minimum absolute atomic E-state index is 0.0638. The van der Waals surface area contributed by atoms with Crippen LogP contribution in [0.15, 0.2) is 18.2 Å². The van der Waals surface area contributed by atoms with E-state index in [9.17, 15) is 0 Å². The lowest BCUT2D eigenvalue weighted by atomic mass is 9.91. The standard InChI is InChI=1S/C12H13BrCl2O2/c1-2-16-12-10(13)6-11(12)17-9-4-7(14)3-8(15)5-9/h3-5,10-12H,2,6H2,1H3. The molecular formula is C12H13BrCl2O2. The number of halogens is 3. The number of benzene rings is 1. The lowest BCUT2D eigenvalue weighted by molar-refractivity contribution is -0.0723. The summed E-state index contributed by atoms with van der Waals surface area (Å²) in [4.78, 5) is 0.363. The van der Waals surface area contributed by atoms with Gasteiger partial charge in [-0.2, -0.15) is 0 Å². The minimum Gasteiger partial charge on any atom is -0.488 e. The van der Waals surface area contributed by atoms with Crippen LogP contribution in [0.2, 0.25) is 10.0 Å². The highest BCUT2D eigenvalue weighted by atomic mass is 79.9. The van der Waals surface area contributed by atoms with Crippen molar-refractivity contribution in [2.75, 3.05) is 6.61 Å². The summed E-state index contributed by atoms with van der Waals surface area (Å²) in [6, 6.07) is 5.21. The van der Waals surface area contributed by atoms with E-state index in [1.54, 1.807) is 18.2 Å². The summed E-state index contributed by atoms with van der Waals surface area (Å²) in [5.74, 6) is 0.691.